The predicted octanol–water partition coefficient (Wildman–Crippen LogP) is 1.96. The Morgan fingerprint density at radius 3 is 2.21 bits per heavy atom. The van der Waals surface area contributed by atoms with Crippen molar-refractivity contribution in [3.05, 3.63) is 64.7 Å². The first-order valence-corrected chi connectivity index (χ1v) is 8.19. The highest BCUT2D eigenvalue weighted by Crippen LogP contribution is 2.24. The van der Waals surface area contributed by atoms with Crippen LogP contribution in [-0.2, 0) is 19.6 Å². The SMILES string of the molecule is COC(=O)CN(c1ccccc1)S(=O)(=O)c1ccc([N+](=O)[O-])cc1. The molecule has 9 heteroatoms. The number of esters is 1. The van der Waals surface area contributed by atoms with E-state index < -0.39 is 27.5 Å². The second-order valence-corrected chi connectivity index (χ2v) is 6.54. The first-order valence-electron chi connectivity index (χ1n) is 6.75. The lowest BCUT2D eigenvalue weighted by molar-refractivity contribution is -0.384. The molecule has 2 aromatic rings. The van der Waals surface area contributed by atoms with Crippen molar-refractivity contribution in [1.29, 1.82) is 0 Å². The number of hydrogen-bond acceptors (Lipinski definition) is 6. The average Bonchev–Trinajstić information content (AvgIpc) is 2.60. The van der Waals surface area contributed by atoms with Crippen LogP contribution in [0.5, 0.6) is 0 Å². The summed E-state index contributed by atoms with van der Waals surface area (Å²) in [6.07, 6.45) is 0. The summed E-state index contributed by atoms with van der Waals surface area (Å²) in [5, 5.41) is 10.7. The van der Waals surface area contributed by atoms with Crippen LogP contribution in [0.1, 0.15) is 0 Å². The minimum atomic E-state index is -4.09. The standard InChI is InChI=1S/C15H14N2O6S/c1-23-15(18)11-16(12-5-3-2-4-6-12)24(21,22)14-9-7-13(8-10-14)17(19)20/h2-10H,11H2,1H3. The van der Waals surface area contributed by atoms with E-state index in [1.165, 1.54) is 12.1 Å². The third-order valence-corrected chi connectivity index (χ3v) is 4.97. The van der Waals surface area contributed by atoms with Crippen molar-refractivity contribution in [1.82, 2.24) is 0 Å². The van der Waals surface area contributed by atoms with Crippen LogP contribution in [0.3, 0.4) is 0 Å². The highest BCUT2D eigenvalue weighted by atomic mass is 32.2. The van der Waals surface area contributed by atoms with Gasteiger partial charge in [-0.3, -0.25) is 19.2 Å². The zero-order chi connectivity index (χ0) is 17.7. The van der Waals surface area contributed by atoms with Crippen molar-refractivity contribution < 1.29 is 22.9 Å². The Bertz CT molecular complexity index is 834. The van der Waals surface area contributed by atoms with Crippen LogP contribution in [0.25, 0.3) is 0 Å². The van der Waals surface area contributed by atoms with E-state index in [4.69, 9.17) is 0 Å². The number of sulfonamides is 1. The van der Waals surface area contributed by atoms with E-state index in [1.54, 1.807) is 18.2 Å². The lowest BCUT2D eigenvalue weighted by Crippen LogP contribution is -2.36. The Kier molecular flexibility index (Phi) is 5.14. The number of para-hydroxylation sites is 1. The summed E-state index contributed by atoms with van der Waals surface area (Å²) in [4.78, 5) is 21.5. The van der Waals surface area contributed by atoms with Crippen molar-refractivity contribution >= 4 is 27.4 Å². The maximum atomic E-state index is 12.8. The third kappa shape index (κ3) is 3.69. The molecular weight excluding hydrogens is 336 g/mol. The van der Waals surface area contributed by atoms with Crippen LogP contribution in [-0.4, -0.2) is 33.0 Å². The Morgan fingerprint density at radius 1 is 1.12 bits per heavy atom. The summed E-state index contributed by atoms with van der Waals surface area (Å²) >= 11 is 0. The molecule has 0 fully saturated rings. The molecule has 0 aliphatic carbocycles. The van der Waals surface area contributed by atoms with Crippen molar-refractivity contribution in [2.45, 2.75) is 4.90 Å². The largest absolute Gasteiger partial charge is 0.468 e. The lowest BCUT2D eigenvalue weighted by Gasteiger charge is -2.23. The van der Waals surface area contributed by atoms with Gasteiger partial charge < -0.3 is 4.74 Å². The minimum Gasteiger partial charge on any atom is -0.468 e. The number of hydrogen-bond donors (Lipinski definition) is 0. The minimum absolute atomic E-state index is 0.166. The Hall–Kier alpha value is -2.94. The van der Waals surface area contributed by atoms with E-state index in [-0.39, 0.29) is 16.3 Å². The molecule has 0 aromatic heterocycles. The van der Waals surface area contributed by atoms with Gasteiger partial charge in [0.25, 0.3) is 15.7 Å². The third-order valence-electron chi connectivity index (χ3n) is 3.18. The fraction of sp³-hybridized carbons (Fsp3) is 0.133. The Balaban J connectivity index is 2.46. The number of ether oxygens (including phenoxy) is 1. The first kappa shape index (κ1) is 17.4. The number of carbonyl (C=O) groups is 1. The summed E-state index contributed by atoms with van der Waals surface area (Å²) in [7, 11) is -2.94. The number of benzene rings is 2. The molecule has 0 aliphatic rings. The molecule has 0 radical (unpaired) electrons. The van der Waals surface area contributed by atoms with Gasteiger partial charge in [0.2, 0.25) is 0 Å². The van der Waals surface area contributed by atoms with E-state index in [0.717, 1.165) is 35.7 Å². The molecule has 0 unspecified atom stereocenters. The topological polar surface area (TPSA) is 107 Å². The van der Waals surface area contributed by atoms with Crippen LogP contribution in [0.2, 0.25) is 0 Å². The quantitative estimate of drug-likeness (QED) is 0.448. The number of methoxy groups -OCH3 is 1. The maximum absolute atomic E-state index is 12.8. The molecule has 0 heterocycles. The molecule has 24 heavy (non-hydrogen) atoms. The van der Waals surface area contributed by atoms with Crippen LogP contribution in [0.15, 0.2) is 59.5 Å². The van der Waals surface area contributed by atoms with Crippen molar-refractivity contribution in [3.63, 3.8) is 0 Å². The van der Waals surface area contributed by atoms with Crippen LogP contribution in [0, 0.1) is 10.1 Å². The number of nitro groups is 1. The van der Waals surface area contributed by atoms with Crippen molar-refractivity contribution in [3.8, 4) is 0 Å². The van der Waals surface area contributed by atoms with Gasteiger partial charge in [0.15, 0.2) is 0 Å². The van der Waals surface area contributed by atoms with E-state index in [9.17, 15) is 23.3 Å². The monoisotopic (exact) mass is 350 g/mol. The summed E-state index contributed by atoms with van der Waals surface area (Å²) in [5.41, 5.74) is 0.0504. The molecule has 0 spiro atoms. The van der Waals surface area contributed by atoms with Gasteiger partial charge in [-0.2, -0.15) is 0 Å². The van der Waals surface area contributed by atoms with Gasteiger partial charge in [0.05, 0.1) is 22.6 Å². The van der Waals surface area contributed by atoms with Gasteiger partial charge in [-0.15, -0.1) is 0 Å². The van der Waals surface area contributed by atoms with Crippen molar-refractivity contribution in [2.24, 2.45) is 0 Å². The van der Waals surface area contributed by atoms with Crippen LogP contribution >= 0.6 is 0 Å². The molecular formula is C15H14N2O6S. The molecule has 126 valence electrons. The van der Waals surface area contributed by atoms with Crippen LogP contribution in [0.4, 0.5) is 11.4 Å². The highest BCUT2D eigenvalue weighted by Gasteiger charge is 2.27. The molecule has 0 bridgehead atoms. The smallest absolute Gasteiger partial charge is 0.326 e. The number of nitro benzene ring substituents is 1. The van der Waals surface area contributed by atoms with Crippen molar-refractivity contribution in [2.75, 3.05) is 18.0 Å². The maximum Gasteiger partial charge on any atom is 0.326 e. The van der Waals surface area contributed by atoms with Gasteiger partial charge >= 0.3 is 5.97 Å². The molecule has 0 aliphatic heterocycles. The molecule has 0 saturated heterocycles. The average molecular weight is 350 g/mol. The molecule has 2 aromatic carbocycles. The second-order valence-electron chi connectivity index (χ2n) is 4.67. The number of carbonyl (C=O) groups excluding carboxylic acids is 1. The van der Waals surface area contributed by atoms with Gasteiger partial charge in [0.1, 0.15) is 6.54 Å². The van der Waals surface area contributed by atoms with Crippen LogP contribution < -0.4 is 4.31 Å². The summed E-state index contributed by atoms with van der Waals surface area (Å²) in [5.74, 6) is -0.732. The second kappa shape index (κ2) is 7.09. The highest BCUT2D eigenvalue weighted by molar-refractivity contribution is 7.92. The van der Waals surface area contributed by atoms with E-state index in [1.807, 2.05) is 0 Å². The Morgan fingerprint density at radius 2 is 1.71 bits per heavy atom. The summed E-state index contributed by atoms with van der Waals surface area (Å²) in [6.45, 7) is -0.514. The molecule has 0 saturated carbocycles. The molecule has 2 rings (SSSR count). The number of nitrogens with zero attached hydrogens (tertiary/aromatic N) is 2. The normalized spacial score (nSPS) is 10.9. The number of anilines is 1. The zero-order valence-electron chi connectivity index (χ0n) is 12.7. The van der Waals surface area contributed by atoms with E-state index in [2.05, 4.69) is 4.74 Å². The molecule has 0 atom stereocenters. The van der Waals surface area contributed by atoms with Gasteiger partial charge in [0, 0.05) is 12.1 Å². The van der Waals surface area contributed by atoms with E-state index >= 15 is 0 Å². The fourth-order valence-electron chi connectivity index (χ4n) is 1.96. The lowest BCUT2D eigenvalue weighted by atomic mass is 10.3. The van der Waals surface area contributed by atoms with Gasteiger partial charge in [-0.05, 0) is 24.3 Å². The summed E-state index contributed by atoms with van der Waals surface area (Å²) in [6, 6.07) is 12.5. The number of non-ortho nitro benzene ring substituents is 1. The predicted molar refractivity (Wildman–Crippen MR) is 86.1 cm³/mol. The molecule has 8 nitrogen and oxygen atoms in total. The Labute approximate surface area is 138 Å². The fourth-order valence-corrected chi connectivity index (χ4v) is 3.37. The van der Waals surface area contributed by atoms with E-state index in [0.29, 0.717) is 0 Å². The first-order chi connectivity index (χ1) is 11.4. The zero-order valence-corrected chi connectivity index (χ0v) is 13.5. The van der Waals surface area contributed by atoms with Gasteiger partial charge in [-0.1, -0.05) is 18.2 Å². The summed E-state index contributed by atoms with van der Waals surface area (Å²) < 4.78 is 31.1. The molecule has 0 amide bonds. The number of rotatable bonds is 6. The molecule has 0 N–H and O–H groups in total. The van der Waals surface area contributed by atoms with Gasteiger partial charge in [-0.25, -0.2) is 8.42 Å².